The molecule has 0 saturated carbocycles. The minimum absolute atomic E-state index is 0.109. The van der Waals surface area contributed by atoms with Crippen LogP contribution in [0.5, 0.6) is 0 Å². The van der Waals surface area contributed by atoms with Crippen LogP contribution in [0.1, 0.15) is 25.0 Å². The minimum Gasteiger partial charge on any atom is -0.455 e. The van der Waals surface area contributed by atoms with Gasteiger partial charge in [0, 0.05) is 38.5 Å². The first-order chi connectivity index (χ1) is 24.0. The number of rotatable bonds is 4. The summed E-state index contributed by atoms with van der Waals surface area (Å²) in [4.78, 5) is 2.44. The summed E-state index contributed by atoms with van der Waals surface area (Å²) in [6.07, 6.45) is 0. The Bertz CT molecular complexity index is 2770. The fourth-order valence-corrected chi connectivity index (χ4v) is 8.17. The van der Waals surface area contributed by atoms with Crippen LogP contribution in [0, 0.1) is 0 Å². The largest absolute Gasteiger partial charge is 0.455 e. The van der Waals surface area contributed by atoms with E-state index in [2.05, 4.69) is 176 Å². The number of fused-ring (bicyclic) bond motifs is 9. The van der Waals surface area contributed by atoms with Crippen LogP contribution in [-0.2, 0) is 5.41 Å². The third kappa shape index (κ3) is 4.20. The molecule has 0 saturated heterocycles. The molecular formula is C47H33NO. The SMILES string of the molecule is CC1(C)c2ccccc2-c2ccc(N(c3ccc4c(ccc5c6ccccc6oc45)c3)c3ccccc3-c3ccc4ccccc4c3)cc21. The molecule has 1 aliphatic rings. The van der Waals surface area contributed by atoms with E-state index in [9.17, 15) is 0 Å². The summed E-state index contributed by atoms with van der Waals surface area (Å²) in [6.45, 7) is 4.70. The van der Waals surface area contributed by atoms with Gasteiger partial charge in [0.1, 0.15) is 11.2 Å². The Kier molecular flexibility index (Phi) is 5.95. The average molecular weight is 628 g/mol. The summed E-state index contributed by atoms with van der Waals surface area (Å²) >= 11 is 0. The van der Waals surface area contributed by atoms with E-state index in [0.717, 1.165) is 49.8 Å². The molecule has 9 aromatic rings. The van der Waals surface area contributed by atoms with E-state index in [1.54, 1.807) is 0 Å². The van der Waals surface area contributed by atoms with Gasteiger partial charge in [-0.3, -0.25) is 0 Å². The zero-order chi connectivity index (χ0) is 32.7. The number of furan rings is 1. The summed E-state index contributed by atoms with van der Waals surface area (Å²) in [7, 11) is 0. The molecule has 2 nitrogen and oxygen atoms in total. The second-order valence-corrected chi connectivity index (χ2v) is 13.8. The Morgan fingerprint density at radius 3 is 2.04 bits per heavy atom. The lowest BCUT2D eigenvalue weighted by atomic mass is 9.82. The molecule has 0 fully saturated rings. The van der Waals surface area contributed by atoms with Gasteiger partial charge in [0.2, 0.25) is 0 Å². The molecule has 232 valence electrons. The second-order valence-electron chi connectivity index (χ2n) is 13.8. The lowest BCUT2D eigenvalue weighted by Crippen LogP contribution is -2.16. The third-order valence-electron chi connectivity index (χ3n) is 10.6. The van der Waals surface area contributed by atoms with Gasteiger partial charge in [0.05, 0.1) is 5.69 Å². The molecule has 2 heteroatoms. The quantitative estimate of drug-likeness (QED) is 0.193. The zero-order valence-electron chi connectivity index (χ0n) is 27.4. The lowest BCUT2D eigenvalue weighted by Gasteiger charge is -2.30. The number of anilines is 3. The Balaban J connectivity index is 1.20. The monoisotopic (exact) mass is 627 g/mol. The van der Waals surface area contributed by atoms with Crippen molar-refractivity contribution in [3.05, 3.63) is 175 Å². The maximum Gasteiger partial charge on any atom is 0.143 e. The molecule has 8 aromatic carbocycles. The third-order valence-corrected chi connectivity index (χ3v) is 10.6. The molecule has 0 atom stereocenters. The fourth-order valence-electron chi connectivity index (χ4n) is 8.17. The number of hydrogen-bond acceptors (Lipinski definition) is 2. The first kappa shape index (κ1) is 27.9. The highest BCUT2D eigenvalue weighted by atomic mass is 16.3. The first-order valence-electron chi connectivity index (χ1n) is 17.0. The van der Waals surface area contributed by atoms with Crippen molar-refractivity contribution in [3.8, 4) is 22.3 Å². The van der Waals surface area contributed by atoms with Crippen LogP contribution in [0.4, 0.5) is 17.1 Å². The predicted octanol–water partition coefficient (Wildman–Crippen LogP) is 13.3. The van der Waals surface area contributed by atoms with Crippen LogP contribution < -0.4 is 4.90 Å². The van der Waals surface area contributed by atoms with E-state index < -0.39 is 0 Å². The standard InChI is InChI=1S/C47H33NO/c1-47(2)42-16-8-5-14-38(42)39-26-23-35(29-43(39)47)48(44-17-9-6-13-36(44)32-20-19-30-11-3-4-12-31(30)27-32)34-22-25-37-33(28-34)21-24-41-40-15-7-10-18-45(40)49-46(37)41/h3-29H,1-2H3. The van der Waals surface area contributed by atoms with Crippen molar-refractivity contribution in [2.75, 3.05) is 4.90 Å². The van der Waals surface area contributed by atoms with Gasteiger partial charge in [-0.15, -0.1) is 0 Å². The molecule has 1 aliphatic carbocycles. The molecule has 0 bridgehead atoms. The predicted molar refractivity (Wildman–Crippen MR) is 206 cm³/mol. The molecule has 1 heterocycles. The molecule has 0 unspecified atom stereocenters. The van der Waals surface area contributed by atoms with Crippen LogP contribution in [0.15, 0.2) is 168 Å². The van der Waals surface area contributed by atoms with Crippen molar-refractivity contribution >= 4 is 60.5 Å². The van der Waals surface area contributed by atoms with E-state index in [0.29, 0.717) is 0 Å². The molecule has 0 radical (unpaired) electrons. The van der Waals surface area contributed by atoms with E-state index >= 15 is 0 Å². The van der Waals surface area contributed by atoms with E-state index in [4.69, 9.17) is 4.42 Å². The highest BCUT2D eigenvalue weighted by Gasteiger charge is 2.36. The van der Waals surface area contributed by atoms with Crippen LogP contribution in [-0.4, -0.2) is 0 Å². The van der Waals surface area contributed by atoms with Crippen molar-refractivity contribution in [1.82, 2.24) is 0 Å². The van der Waals surface area contributed by atoms with Crippen LogP contribution in [0.2, 0.25) is 0 Å². The van der Waals surface area contributed by atoms with E-state index in [-0.39, 0.29) is 5.41 Å². The number of hydrogen-bond donors (Lipinski definition) is 0. The molecule has 0 amide bonds. The summed E-state index contributed by atoms with van der Waals surface area (Å²) in [6, 6.07) is 59.6. The highest BCUT2D eigenvalue weighted by molar-refractivity contribution is 6.15. The summed E-state index contributed by atoms with van der Waals surface area (Å²) in [5, 5.41) is 7.04. The van der Waals surface area contributed by atoms with E-state index in [1.165, 1.54) is 44.2 Å². The van der Waals surface area contributed by atoms with Crippen molar-refractivity contribution < 1.29 is 4.42 Å². The summed E-state index contributed by atoms with van der Waals surface area (Å²) < 4.78 is 6.44. The Labute approximate surface area is 285 Å². The van der Waals surface area contributed by atoms with Crippen LogP contribution in [0.25, 0.3) is 65.7 Å². The van der Waals surface area contributed by atoms with Crippen molar-refractivity contribution in [3.63, 3.8) is 0 Å². The van der Waals surface area contributed by atoms with Gasteiger partial charge in [-0.1, -0.05) is 123 Å². The lowest BCUT2D eigenvalue weighted by molar-refractivity contribution is 0.660. The van der Waals surface area contributed by atoms with E-state index in [1.807, 2.05) is 6.07 Å². The maximum absolute atomic E-state index is 6.44. The Hall–Kier alpha value is -6.12. The maximum atomic E-state index is 6.44. The minimum atomic E-state index is -0.109. The van der Waals surface area contributed by atoms with Crippen molar-refractivity contribution in [1.29, 1.82) is 0 Å². The topological polar surface area (TPSA) is 16.4 Å². The van der Waals surface area contributed by atoms with Gasteiger partial charge in [0.15, 0.2) is 0 Å². The van der Waals surface area contributed by atoms with Gasteiger partial charge >= 0.3 is 0 Å². The molecular weight excluding hydrogens is 595 g/mol. The molecule has 0 aliphatic heterocycles. The van der Waals surface area contributed by atoms with Gasteiger partial charge in [-0.25, -0.2) is 0 Å². The number of nitrogens with zero attached hydrogens (tertiary/aromatic N) is 1. The Morgan fingerprint density at radius 2 is 1.12 bits per heavy atom. The van der Waals surface area contributed by atoms with Gasteiger partial charge in [-0.2, -0.15) is 0 Å². The molecule has 49 heavy (non-hydrogen) atoms. The van der Waals surface area contributed by atoms with Gasteiger partial charge in [-0.05, 0) is 98.6 Å². The van der Waals surface area contributed by atoms with Crippen molar-refractivity contribution in [2.24, 2.45) is 0 Å². The molecule has 0 N–H and O–H groups in total. The van der Waals surface area contributed by atoms with Gasteiger partial charge in [0.25, 0.3) is 0 Å². The zero-order valence-corrected chi connectivity index (χ0v) is 27.4. The second kappa shape index (κ2) is 10.4. The fraction of sp³-hybridized carbons (Fsp3) is 0.0638. The summed E-state index contributed by atoms with van der Waals surface area (Å²) in [5.41, 5.74) is 12.9. The van der Waals surface area contributed by atoms with Gasteiger partial charge < -0.3 is 9.32 Å². The normalized spacial score (nSPS) is 13.3. The first-order valence-corrected chi connectivity index (χ1v) is 17.0. The van der Waals surface area contributed by atoms with Crippen LogP contribution >= 0.6 is 0 Å². The highest BCUT2D eigenvalue weighted by Crippen LogP contribution is 2.51. The Morgan fingerprint density at radius 1 is 0.449 bits per heavy atom. The number of benzene rings is 8. The van der Waals surface area contributed by atoms with Crippen LogP contribution in [0.3, 0.4) is 0 Å². The average Bonchev–Trinajstić information content (AvgIpc) is 3.64. The number of para-hydroxylation sites is 2. The van der Waals surface area contributed by atoms with Crippen molar-refractivity contribution in [2.45, 2.75) is 19.3 Å². The summed E-state index contributed by atoms with van der Waals surface area (Å²) in [5.74, 6) is 0. The molecule has 0 spiro atoms. The smallest absolute Gasteiger partial charge is 0.143 e. The molecule has 10 rings (SSSR count). The molecule has 1 aromatic heterocycles.